The Bertz CT molecular complexity index is 1050. The van der Waals surface area contributed by atoms with E-state index in [1.54, 1.807) is 33.7 Å². The van der Waals surface area contributed by atoms with Gasteiger partial charge in [0.25, 0.3) is 0 Å². The predicted octanol–water partition coefficient (Wildman–Crippen LogP) is 4.01. The van der Waals surface area contributed by atoms with Gasteiger partial charge in [0, 0.05) is 18.3 Å². The lowest BCUT2D eigenvalue weighted by Gasteiger charge is -2.39. The van der Waals surface area contributed by atoms with Crippen LogP contribution in [0, 0.1) is 11.8 Å². The van der Waals surface area contributed by atoms with Gasteiger partial charge in [0.2, 0.25) is 11.8 Å². The van der Waals surface area contributed by atoms with E-state index in [0.717, 1.165) is 31.2 Å². The maximum Gasteiger partial charge on any atom is 0.310 e. The molecule has 3 heterocycles. The first-order valence-corrected chi connectivity index (χ1v) is 15.1. The number of esters is 1. The molecule has 2 amide bonds. The zero-order chi connectivity index (χ0) is 28.0. The third-order valence-corrected chi connectivity index (χ3v) is 10.4. The molecule has 3 aliphatic heterocycles. The normalized spacial score (nSPS) is 27.7. The van der Waals surface area contributed by atoms with Crippen molar-refractivity contribution < 1.29 is 24.2 Å². The Balaban J connectivity index is 1.71. The molecule has 39 heavy (non-hydrogen) atoms. The monoisotopic (exact) mass is 554 g/mol. The number of aliphatic hydroxyl groups excluding tert-OH is 1. The van der Waals surface area contributed by atoms with E-state index in [0.29, 0.717) is 32.4 Å². The molecule has 1 aromatic carbocycles. The molecule has 7 nitrogen and oxygen atoms in total. The number of unbranched alkanes of at least 4 members (excludes halogenated alkanes) is 2. The average Bonchev–Trinajstić information content (AvgIpc) is 3.59. The minimum absolute atomic E-state index is 0.0477. The highest BCUT2D eigenvalue weighted by Gasteiger charge is 2.74. The molecule has 212 valence electrons. The second-order valence-corrected chi connectivity index (χ2v) is 12.5. The SMILES string of the molecule is C=CCCCOC(=O)[C@@H]1[C@@H]2CCC3(S2)C(C(=O)N(CC=C)CCCC)N([C@@H](CO)Cc2ccccc2)C(=O)[C@H]13. The molecule has 1 N–H and O–H groups in total. The third kappa shape index (κ3) is 5.68. The molecule has 3 saturated heterocycles. The topological polar surface area (TPSA) is 87.2 Å². The molecular formula is C31H42N2O5S. The van der Waals surface area contributed by atoms with Crippen LogP contribution >= 0.6 is 11.8 Å². The van der Waals surface area contributed by atoms with E-state index in [1.807, 2.05) is 30.3 Å². The van der Waals surface area contributed by atoms with Crippen molar-refractivity contribution in [3.05, 3.63) is 61.2 Å². The first-order valence-electron chi connectivity index (χ1n) is 14.2. The van der Waals surface area contributed by atoms with Crippen LogP contribution in [0.4, 0.5) is 0 Å². The van der Waals surface area contributed by atoms with Gasteiger partial charge in [-0.05, 0) is 44.1 Å². The van der Waals surface area contributed by atoms with Gasteiger partial charge in [-0.2, -0.15) is 0 Å². The number of carbonyl (C=O) groups is 3. The van der Waals surface area contributed by atoms with Gasteiger partial charge in [-0.25, -0.2) is 0 Å². The largest absolute Gasteiger partial charge is 0.465 e. The molecule has 8 heteroatoms. The molecule has 0 radical (unpaired) electrons. The Kier molecular flexibility index (Phi) is 9.94. The molecule has 4 rings (SSSR count). The lowest BCUT2D eigenvalue weighted by molar-refractivity contribution is -0.154. The Morgan fingerprint density at radius 2 is 2.03 bits per heavy atom. The van der Waals surface area contributed by atoms with Gasteiger partial charge in [-0.15, -0.1) is 24.9 Å². The van der Waals surface area contributed by atoms with Crippen LogP contribution in [0.25, 0.3) is 0 Å². The number of hydrogen-bond donors (Lipinski definition) is 1. The Morgan fingerprint density at radius 3 is 2.69 bits per heavy atom. The summed E-state index contributed by atoms with van der Waals surface area (Å²) >= 11 is 1.63. The Morgan fingerprint density at radius 1 is 1.26 bits per heavy atom. The lowest BCUT2D eigenvalue weighted by atomic mass is 9.71. The number of aliphatic hydroxyl groups is 1. The van der Waals surface area contributed by atoms with Crippen LogP contribution in [-0.4, -0.2) is 81.1 Å². The molecule has 1 aromatic rings. The highest BCUT2D eigenvalue weighted by Crippen LogP contribution is 2.67. The summed E-state index contributed by atoms with van der Waals surface area (Å²) in [6.45, 7) is 10.6. The summed E-state index contributed by atoms with van der Waals surface area (Å²) in [5.41, 5.74) is 0.981. The van der Waals surface area contributed by atoms with Crippen molar-refractivity contribution in [3.8, 4) is 0 Å². The van der Waals surface area contributed by atoms with Crippen molar-refractivity contribution in [2.75, 3.05) is 26.3 Å². The van der Waals surface area contributed by atoms with E-state index in [2.05, 4.69) is 20.1 Å². The molecule has 2 unspecified atom stereocenters. The fourth-order valence-corrected chi connectivity index (χ4v) is 8.82. The van der Waals surface area contributed by atoms with Crippen LogP contribution in [0.2, 0.25) is 0 Å². The van der Waals surface area contributed by atoms with E-state index >= 15 is 0 Å². The summed E-state index contributed by atoms with van der Waals surface area (Å²) in [6.07, 6.45) is 8.61. The summed E-state index contributed by atoms with van der Waals surface area (Å²) < 4.78 is 4.95. The highest BCUT2D eigenvalue weighted by atomic mass is 32.2. The number of allylic oxidation sites excluding steroid dienone is 1. The van der Waals surface area contributed by atoms with E-state index < -0.39 is 28.7 Å². The van der Waals surface area contributed by atoms with Crippen molar-refractivity contribution in [2.24, 2.45) is 11.8 Å². The summed E-state index contributed by atoms with van der Waals surface area (Å²) in [5.74, 6) is -1.88. The van der Waals surface area contributed by atoms with Crippen molar-refractivity contribution in [2.45, 2.75) is 74.0 Å². The first-order chi connectivity index (χ1) is 18.9. The number of benzene rings is 1. The predicted molar refractivity (Wildman–Crippen MR) is 154 cm³/mol. The van der Waals surface area contributed by atoms with Gasteiger partial charge < -0.3 is 19.6 Å². The van der Waals surface area contributed by atoms with Gasteiger partial charge in [0.15, 0.2) is 0 Å². The van der Waals surface area contributed by atoms with Crippen LogP contribution in [0.5, 0.6) is 0 Å². The number of carbonyl (C=O) groups excluding carboxylic acids is 3. The zero-order valence-corrected chi connectivity index (χ0v) is 23.8. The van der Waals surface area contributed by atoms with Crippen LogP contribution in [0.15, 0.2) is 55.6 Å². The number of rotatable bonds is 15. The van der Waals surface area contributed by atoms with Gasteiger partial charge >= 0.3 is 5.97 Å². The number of nitrogens with zero attached hydrogens (tertiary/aromatic N) is 2. The molecule has 3 fully saturated rings. The number of fused-ring (bicyclic) bond motifs is 1. The quantitative estimate of drug-likeness (QED) is 0.200. The zero-order valence-electron chi connectivity index (χ0n) is 23.0. The number of thioether (sulfide) groups is 1. The fraction of sp³-hybridized carbons (Fsp3) is 0.581. The van der Waals surface area contributed by atoms with Crippen molar-refractivity contribution >= 4 is 29.5 Å². The van der Waals surface area contributed by atoms with Crippen LogP contribution < -0.4 is 0 Å². The van der Waals surface area contributed by atoms with E-state index in [-0.39, 0.29) is 36.2 Å². The summed E-state index contributed by atoms with van der Waals surface area (Å²) in [6, 6.07) is 8.39. The molecule has 3 aliphatic rings. The summed E-state index contributed by atoms with van der Waals surface area (Å²) in [5, 5.41) is 10.5. The standard InChI is InChI=1S/C31H42N2O5S/c1-4-7-12-19-38-30(37)25-24-15-16-31(39-24)26(25)28(35)33(23(21-34)20-22-13-10-9-11-14-22)27(31)29(36)32(17-6-3)18-8-5-2/h4,6,9-11,13-14,23-27,34H,1,3,5,7-8,12,15-21H2,2H3/t23-,24+,25-,26+,27?,31?/m1/s1. The summed E-state index contributed by atoms with van der Waals surface area (Å²) in [4.78, 5) is 45.6. The van der Waals surface area contributed by atoms with Gasteiger partial charge in [-0.3, -0.25) is 14.4 Å². The minimum atomic E-state index is -0.749. The van der Waals surface area contributed by atoms with Crippen molar-refractivity contribution in [3.63, 3.8) is 0 Å². The second-order valence-electron chi connectivity index (χ2n) is 10.9. The molecule has 6 atom stereocenters. The van der Waals surface area contributed by atoms with E-state index in [1.165, 1.54) is 0 Å². The van der Waals surface area contributed by atoms with Crippen LogP contribution in [0.3, 0.4) is 0 Å². The molecule has 1 spiro atoms. The van der Waals surface area contributed by atoms with Gasteiger partial charge in [-0.1, -0.05) is 55.8 Å². The first kappa shape index (κ1) is 29.4. The van der Waals surface area contributed by atoms with E-state index in [9.17, 15) is 19.5 Å². The Labute approximate surface area is 236 Å². The van der Waals surface area contributed by atoms with Gasteiger partial charge in [0.1, 0.15) is 6.04 Å². The smallest absolute Gasteiger partial charge is 0.310 e. The molecule has 0 aliphatic carbocycles. The fourth-order valence-electron chi connectivity index (χ4n) is 6.63. The van der Waals surface area contributed by atoms with Crippen molar-refractivity contribution in [1.29, 1.82) is 0 Å². The van der Waals surface area contributed by atoms with Crippen LogP contribution in [-0.2, 0) is 25.5 Å². The van der Waals surface area contributed by atoms with Crippen molar-refractivity contribution in [1.82, 2.24) is 9.80 Å². The molecule has 0 saturated carbocycles. The number of likely N-dealkylation sites (tertiary alicyclic amines) is 1. The number of amides is 2. The summed E-state index contributed by atoms with van der Waals surface area (Å²) in [7, 11) is 0. The highest BCUT2D eigenvalue weighted by molar-refractivity contribution is 8.02. The third-order valence-electron chi connectivity index (χ3n) is 8.40. The van der Waals surface area contributed by atoms with Gasteiger partial charge in [0.05, 0.1) is 35.8 Å². The molecule has 0 aromatic heterocycles. The maximum absolute atomic E-state index is 14.4. The molecular weight excluding hydrogens is 512 g/mol. The minimum Gasteiger partial charge on any atom is -0.465 e. The number of hydrogen-bond acceptors (Lipinski definition) is 6. The second kappa shape index (κ2) is 13.2. The lowest BCUT2D eigenvalue weighted by Crippen LogP contribution is -2.58. The maximum atomic E-state index is 14.4. The van der Waals surface area contributed by atoms with E-state index in [4.69, 9.17) is 4.74 Å². The molecule has 2 bridgehead atoms. The Hall–Kier alpha value is -2.58. The van der Waals surface area contributed by atoms with Crippen LogP contribution in [0.1, 0.15) is 51.0 Å². The number of ether oxygens (including phenoxy) is 1. The average molecular weight is 555 g/mol.